The molecular formula is C17H14ClFN2. The van der Waals surface area contributed by atoms with Gasteiger partial charge in [-0.15, -0.1) is 0 Å². The van der Waals surface area contributed by atoms with Gasteiger partial charge in [0.1, 0.15) is 11.0 Å². The number of hydrogen-bond donors (Lipinski definition) is 0. The van der Waals surface area contributed by atoms with Crippen LogP contribution >= 0.6 is 11.6 Å². The molecule has 0 atom stereocenters. The molecule has 106 valence electrons. The summed E-state index contributed by atoms with van der Waals surface area (Å²) in [6.07, 6.45) is 0. The van der Waals surface area contributed by atoms with Gasteiger partial charge in [-0.1, -0.05) is 29.3 Å². The smallest absolute Gasteiger partial charge is 0.161 e. The molecule has 0 spiro atoms. The van der Waals surface area contributed by atoms with Crippen LogP contribution in [0.25, 0.3) is 22.3 Å². The summed E-state index contributed by atoms with van der Waals surface area (Å²) in [6, 6.07) is 9.15. The van der Waals surface area contributed by atoms with E-state index in [9.17, 15) is 4.39 Å². The first kappa shape index (κ1) is 14.0. The molecule has 3 rings (SSSR count). The first-order valence-corrected chi connectivity index (χ1v) is 7.04. The number of aryl methyl sites for hydroxylation is 3. The van der Waals surface area contributed by atoms with Gasteiger partial charge in [0.05, 0.1) is 5.52 Å². The molecule has 0 aliphatic carbocycles. The highest BCUT2D eigenvalue weighted by Gasteiger charge is 2.12. The van der Waals surface area contributed by atoms with E-state index in [1.54, 1.807) is 13.0 Å². The lowest BCUT2D eigenvalue weighted by atomic mass is 10.0. The zero-order chi connectivity index (χ0) is 15.1. The number of benzene rings is 2. The van der Waals surface area contributed by atoms with Crippen molar-refractivity contribution in [2.75, 3.05) is 0 Å². The number of halogens is 2. The second-order valence-electron chi connectivity index (χ2n) is 5.27. The molecular weight excluding hydrogens is 287 g/mol. The van der Waals surface area contributed by atoms with Gasteiger partial charge >= 0.3 is 0 Å². The van der Waals surface area contributed by atoms with Gasteiger partial charge < -0.3 is 0 Å². The lowest BCUT2D eigenvalue weighted by Crippen LogP contribution is -1.96. The lowest BCUT2D eigenvalue weighted by Gasteiger charge is -2.09. The van der Waals surface area contributed by atoms with Crippen LogP contribution < -0.4 is 0 Å². The van der Waals surface area contributed by atoms with E-state index in [1.807, 2.05) is 32.0 Å². The zero-order valence-corrected chi connectivity index (χ0v) is 12.8. The maximum absolute atomic E-state index is 13.8. The summed E-state index contributed by atoms with van der Waals surface area (Å²) >= 11 is 6.25. The average Bonchev–Trinajstić information content (AvgIpc) is 2.43. The molecule has 2 aromatic carbocycles. The number of hydrogen-bond acceptors (Lipinski definition) is 2. The van der Waals surface area contributed by atoms with Gasteiger partial charge in [-0.25, -0.2) is 14.4 Å². The fraction of sp³-hybridized carbons (Fsp3) is 0.176. The van der Waals surface area contributed by atoms with Crippen LogP contribution in [-0.2, 0) is 0 Å². The average molecular weight is 301 g/mol. The lowest BCUT2D eigenvalue weighted by molar-refractivity contribution is 0.620. The van der Waals surface area contributed by atoms with Gasteiger partial charge in [0.15, 0.2) is 5.82 Å². The van der Waals surface area contributed by atoms with Crippen molar-refractivity contribution >= 4 is 22.5 Å². The molecule has 0 saturated carbocycles. The minimum atomic E-state index is -0.288. The fourth-order valence-corrected chi connectivity index (χ4v) is 2.55. The third-order valence-corrected chi connectivity index (χ3v) is 3.85. The molecule has 21 heavy (non-hydrogen) atoms. The van der Waals surface area contributed by atoms with Crippen LogP contribution in [0.3, 0.4) is 0 Å². The van der Waals surface area contributed by atoms with E-state index in [4.69, 9.17) is 11.6 Å². The molecule has 0 aliphatic rings. The Kier molecular flexibility index (Phi) is 3.38. The van der Waals surface area contributed by atoms with Gasteiger partial charge in [-0.2, -0.15) is 0 Å². The van der Waals surface area contributed by atoms with Crippen LogP contribution in [-0.4, -0.2) is 9.97 Å². The predicted molar refractivity (Wildman–Crippen MR) is 84.2 cm³/mol. The van der Waals surface area contributed by atoms with E-state index in [0.717, 1.165) is 16.7 Å². The van der Waals surface area contributed by atoms with Crippen LogP contribution in [0.2, 0.25) is 5.15 Å². The molecule has 0 radical (unpaired) electrons. The molecule has 0 bridgehead atoms. The van der Waals surface area contributed by atoms with Crippen molar-refractivity contribution in [3.63, 3.8) is 0 Å². The van der Waals surface area contributed by atoms with E-state index < -0.39 is 0 Å². The Morgan fingerprint density at radius 2 is 1.71 bits per heavy atom. The Hall–Kier alpha value is -2.00. The SMILES string of the molecule is Cc1ccc(C)c(-c2nc(Cl)c3cc(C)c(F)cc3n2)c1. The minimum absolute atomic E-state index is 0.288. The van der Waals surface area contributed by atoms with E-state index >= 15 is 0 Å². The number of aromatic nitrogens is 2. The molecule has 0 fully saturated rings. The molecule has 1 aromatic heterocycles. The van der Waals surface area contributed by atoms with E-state index in [-0.39, 0.29) is 5.82 Å². The van der Waals surface area contributed by atoms with Crippen LogP contribution in [0.1, 0.15) is 16.7 Å². The van der Waals surface area contributed by atoms with Crippen molar-refractivity contribution in [1.82, 2.24) is 9.97 Å². The minimum Gasteiger partial charge on any atom is -0.228 e. The Morgan fingerprint density at radius 3 is 2.48 bits per heavy atom. The normalized spacial score (nSPS) is 11.1. The highest BCUT2D eigenvalue weighted by Crippen LogP contribution is 2.28. The van der Waals surface area contributed by atoms with Crippen molar-refractivity contribution in [1.29, 1.82) is 0 Å². The van der Waals surface area contributed by atoms with Crippen LogP contribution in [0.4, 0.5) is 4.39 Å². The van der Waals surface area contributed by atoms with E-state index in [0.29, 0.717) is 27.4 Å². The molecule has 2 nitrogen and oxygen atoms in total. The first-order chi connectivity index (χ1) is 9.95. The molecule has 1 heterocycles. The summed E-state index contributed by atoms with van der Waals surface area (Å²) in [6.45, 7) is 5.70. The quantitative estimate of drug-likeness (QED) is 0.590. The van der Waals surface area contributed by atoms with Crippen molar-refractivity contribution in [2.45, 2.75) is 20.8 Å². The molecule has 0 unspecified atom stereocenters. The summed E-state index contributed by atoms with van der Waals surface area (Å²) in [5.74, 6) is 0.237. The van der Waals surface area contributed by atoms with Crippen LogP contribution in [0, 0.1) is 26.6 Å². The molecule has 0 aliphatic heterocycles. The van der Waals surface area contributed by atoms with Crippen molar-refractivity contribution in [3.8, 4) is 11.4 Å². The van der Waals surface area contributed by atoms with Gasteiger partial charge in [0.2, 0.25) is 0 Å². The first-order valence-electron chi connectivity index (χ1n) is 6.67. The van der Waals surface area contributed by atoms with Crippen molar-refractivity contribution in [3.05, 3.63) is 58.0 Å². The monoisotopic (exact) mass is 300 g/mol. The Bertz CT molecular complexity index is 859. The Balaban J connectivity index is 2.30. The molecule has 4 heteroatoms. The Labute approximate surface area is 127 Å². The Morgan fingerprint density at radius 1 is 0.952 bits per heavy atom. The van der Waals surface area contributed by atoms with Crippen molar-refractivity contribution in [2.24, 2.45) is 0 Å². The second-order valence-corrected chi connectivity index (χ2v) is 5.63. The highest BCUT2D eigenvalue weighted by atomic mass is 35.5. The van der Waals surface area contributed by atoms with Gasteiger partial charge in [0, 0.05) is 17.0 Å². The second kappa shape index (κ2) is 5.08. The predicted octanol–water partition coefficient (Wildman–Crippen LogP) is 5.01. The third-order valence-electron chi connectivity index (χ3n) is 3.56. The molecule has 3 aromatic rings. The van der Waals surface area contributed by atoms with Crippen molar-refractivity contribution < 1.29 is 4.39 Å². The highest BCUT2D eigenvalue weighted by molar-refractivity contribution is 6.34. The summed E-state index contributed by atoms with van der Waals surface area (Å²) < 4.78 is 13.8. The zero-order valence-electron chi connectivity index (χ0n) is 12.0. The van der Waals surface area contributed by atoms with E-state index in [1.165, 1.54) is 6.07 Å². The largest absolute Gasteiger partial charge is 0.228 e. The standard InChI is InChI=1S/C17H14ClFN2/c1-9-4-5-10(2)12(6-9)17-20-15-8-14(19)11(3)7-13(15)16(18)21-17/h4-8H,1-3H3. The van der Waals surface area contributed by atoms with Crippen LogP contribution in [0.15, 0.2) is 30.3 Å². The maximum atomic E-state index is 13.8. The maximum Gasteiger partial charge on any atom is 0.161 e. The topological polar surface area (TPSA) is 25.8 Å². The van der Waals surface area contributed by atoms with Gasteiger partial charge in [-0.05, 0) is 44.0 Å². The third kappa shape index (κ3) is 2.49. The summed E-state index contributed by atoms with van der Waals surface area (Å²) in [4.78, 5) is 8.85. The summed E-state index contributed by atoms with van der Waals surface area (Å²) in [5.41, 5.74) is 4.15. The number of rotatable bonds is 1. The molecule has 0 amide bonds. The molecule has 0 saturated heterocycles. The number of fused-ring (bicyclic) bond motifs is 1. The van der Waals surface area contributed by atoms with Crippen LogP contribution in [0.5, 0.6) is 0 Å². The molecule has 0 N–H and O–H groups in total. The fourth-order valence-electron chi connectivity index (χ4n) is 2.32. The van der Waals surface area contributed by atoms with E-state index in [2.05, 4.69) is 9.97 Å². The summed E-state index contributed by atoms with van der Waals surface area (Å²) in [5, 5.41) is 1.02. The summed E-state index contributed by atoms with van der Waals surface area (Å²) in [7, 11) is 0. The van der Waals surface area contributed by atoms with Gasteiger partial charge in [0.25, 0.3) is 0 Å². The van der Waals surface area contributed by atoms with Gasteiger partial charge in [-0.3, -0.25) is 0 Å². The number of nitrogens with zero attached hydrogens (tertiary/aromatic N) is 2.